The molecule has 0 saturated carbocycles. The molecule has 5 nitrogen and oxygen atoms in total. The summed E-state index contributed by atoms with van der Waals surface area (Å²) in [6, 6.07) is 2.97. The van der Waals surface area contributed by atoms with Crippen molar-refractivity contribution in [3.63, 3.8) is 0 Å². The van der Waals surface area contributed by atoms with Crippen molar-refractivity contribution in [2.45, 2.75) is 26.2 Å². The molecule has 2 aromatic heterocycles. The van der Waals surface area contributed by atoms with E-state index in [1.165, 1.54) is 16.8 Å². The van der Waals surface area contributed by atoms with Gasteiger partial charge in [0.15, 0.2) is 5.65 Å². The summed E-state index contributed by atoms with van der Waals surface area (Å²) in [4.78, 5) is 4.23. The monoisotopic (exact) mass is 266 g/mol. The maximum Gasteiger partial charge on any atom is 0.243 e. The Morgan fingerprint density at radius 1 is 1.32 bits per heavy atom. The van der Waals surface area contributed by atoms with Crippen LogP contribution in [-0.2, 0) is 4.74 Å². The van der Waals surface area contributed by atoms with Gasteiger partial charge in [-0.05, 0) is 25.0 Å². The molecule has 0 bridgehead atoms. The molecule has 0 aliphatic carbocycles. The highest BCUT2D eigenvalue weighted by atomic mass is 19.1. The van der Waals surface area contributed by atoms with E-state index in [0.717, 1.165) is 39.0 Å². The number of aromatic nitrogens is 3. The molecule has 0 saturated heterocycles. The summed E-state index contributed by atoms with van der Waals surface area (Å²) in [6.45, 7) is 4.44. The summed E-state index contributed by atoms with van der Waals surface area (Å²) in [5.74, 6) is 0.187. The van der Waals surface area contributed by atoms with E-state index in [9.17, 15) is 4.39 Å². The number of unbranched alkanes of at least 4 members (excludes halogenated alkanes) is 1. The zero-order valence-corrected chi connectivity index (χ0v) is 11.1. The lowest BCUT2D eigenvalue weighted by molar-refractivity contribution is 0.131. The molecular weight excluding hydrogens is 247 g/mol. The van der Waals surface area contributed by atoms with E-state index in [1.807, 2.05) is 0 Å². The largest absolute Gasteiger partial charge is 0.381 e. The number of pyridine rings is 1. The summed E-state index contributed by atoms with van der Waals surface area (Å²) in [7, 11) is 0. The van der Waals surface area contributed by atoms with Crippen molar-refractivity contribution in [3.8, 4) is 0 Å². The molecule has 0 spiro atoms. The Balaban J connectivity index is 1.72. The Morgan fingerprint density at radius 2 is 2.16 bits per heavy atom. The van der Waals surface area contributed by atoms with E-state index in [-0.39, 0.29) is 5.82 Å². The number of halogens is 1. The molecule has 2 rings (SSSR count). The molecule has 19 heavy (non-hydrogen) atoms. The first-order chi connectivity index (χ1) is 9.29. The summed E-state index contributed by atoms with van der Waals surface area (Å²) in [5.41, 5.74) is 0.628. The van der Waals surface area contributed by atoms with Gasteiger partial charge < -0.3 is 10.1 Å². The van der Waals surface area contributed by atoms with Crippen LogP contribution in [-0.4, -0.2) is 34.4 Å². The van der Waals surface area contributed by atoms with Crippen LogP contribution in [0.3, 0.4) is 0 Å². The lowest BCUT2D eigenvalue weighted by atomic mass is 10.4. The number of nitrogens with zero attached hydrogens (tertiary/aromatic N) is 3. The number of hydrogen-bond acceptors (Lipinski definition) is 4. The Labute approximate surface area is 111 Å². The highest BCUT2D eigenvalue weighted by Gasteiger charge is 2.03. The fourth-order valence-corrected chi connectivity index (χ4v) is 1.66. The number of fused-ring (bicyclic) bond motifs is 1. The number of hydrogen-bond donors (Lipinski definition) is 1. The highest BCUT2D eigenvalue weighted by molar-refractivity contribution is 5.42. The zero-order valence-electron chi connectivity index (χ0n) is 11.1. The first-order valence-corrected chi connectivity index (χ1v) is 6.63. The first-order valence-electron chi connectivity index (χ1n) is 6.63. The normalized spacial score (nSPS) is 11.1. The number of rotatable bonds is 8. The summed E-state index contributed by atoms with van der Waals surface area (Å²) >= 11 is 0. The van der Waals surface area contributed by atoms with Gasteiger partial charge in [0, 0.05) is 19.8 Å². The van der Waals surface area contributed by atoms with Crippen molar-refractivity contribution in [2.75, 3.05) is 25.1 Å². The Morgan fingerprint density at radius 3 is 3.00 bits per heavy atom. The molecule has 104 valence electrons. The minimum atomic E-state index is -0.326. The van der Waals surface area contributed by atoms with E-state index in [2.05, 4.69) is 22.3 Å². The fraction of sp³-hybridized carbons (Fsp3) is 0.538. The number of ether oxygens (including phenoxy) is 1. The maximum atomic E-state index is 13.0. The lowest BCUT2D eigenvalue weighted by Gasteiger charge is -2.03. The quantitative estimate of drug-likeness (QED) is 0.746. The van der Waals surface area contributed by atoms with Crippen molar-refractivity contribution >= 4 is 11.6 Å². The molecule has 1 N–H and O–H groups in total. The minimum Gasteiger partial charge on any atom is -0.381 e. The molecule has 0 radical (unpaired) electrons. The second-order valence-corrected chi connectivity index (χ2v) is 4.33. The predicted molar refractivity (Wildman–Crippen MR) is 71.8 cm³/mol. The third kappa shape index (κ3) is 4.17. The molecule has 2 heterocycles. The van der Waals surface area contributed by atoms with Crippen molar-refractivity contribution in [1.82, 2.24) is 14.6 Å². The van der Waals surface area contributed by atoms with Crippen molar-refractivity contribution in [1.29, 1.82) is 0 Å². The van der Waals surface area contributed by atoms with Gasteiger partial charge in [-0.2, -0.15) is 4.98 Å². The lowest BCUT2D eigenvalue weighted by Crippen LogP contribution is -2.07. The van der Waals surface area contributed by atoms with Gasteiger partial charge in [0.2, 0.25) is 5.95 Å². The van der Waals surface area contributed by atoms with E-state index in [4.69, 9.17) is 4.74 Å². The topological polar surface area (TPSA) is 51.5 Å². The maximum absolute atomic E-state index is 13.0. The highest BCUT2D eigenvalue weighted by Crippen LogP contribution is 2.06. The van der Waals surface area contributed by atoms with Gasteiger partial charge in [-0.3, -0.25) is 0 Å². The van der Waals surface area contributed by atoms with Crippen LogP contribution in [0.4, 0.5) is 10.3 Å². The van der Waals surface area contributed by atoms with Gasteiger partial charge in [0.05, 0.1) is 6.20 Å². The number of anilines is 1. The zero-order chi connectivity index (χ0) is 13.5. The molecule has 0 unspecified atom stereocenters. The molecule has 0 atom stereocenters. The van der Waals surface area contributed by atoms with Crippen molar-refractivity contribution < 1.29 is 9.13 Å². The molecule has 6 heteroatoms. The smallest absolute Gasteiger partial charge is 0.243 e. The summed E-state index contributed by atoms with van der Waals surface area (Å²) in [5, 5.41) is 7.23. The second kappa shape index (κ2) is 7.04. The third-order valence-electron chi connectivity index (χ3n) is 2.69. The van der Waals surface area contributed by atoms with Gasteiger partial charge >= 0.3 is 0 Å². The summed E-state index contributed by atoms with van der Waals surface area (Å²) < 4.78 is 19.9. The van der Waals surface area contributed by atoms with Crippen LogP contribution in [0.15, 0.2) is 18.3 Å². The van der Waals surface area contributed by atoms with Gasteiger partial charge in [-0.15, -0.1) is 5.10 Å². The number of nitrogens with one attached hydrogen (secondary N) is 1. The standard InChI is InChI=1S/C13H19FN4O/c1-2-3-8-19-9-4-7-15-13-16-12-6-5-11(14)10-18(12)17-13/h5-6,10H,2-4,7-9H2,1H3,(H,15,17). The van der Waals surface area contributed by atoms with E-state index < -0.39 is 0 Å². The van der Waals surface area contributed by atoms with Crippen molar-refractivity contribution in [2.24, 2.45) is 0 Å². The Bertz CT molecular complexity index is 514. The van der Waals surface area contributed by atoms with E-state index in [1.54, 1.807) is 6.07 Å². The second-order valence-electron chi connectivity index (χ2n) is 4.33. The van der Waals surface area contributed by atoms with Gasteiger partial charge in [0.1, 0.15) is 5.82 Å². The SMILES string of the molecule is CCCCOCCCNc1nc2ccc(F)cn2n1. The molecular formula is C13H19FN4O. The van der Waals surface area contributed by atoms with Crippen LogP contribution >= 0.6 is 0 Å². The van der Waals surface area contributed by atoms with Gasteiger partial charge in [0.25, 0.3) is 0 Å². The molecule has 0 aromatic carbocycles. The van der Waals surface area contributed by atoms with Crippen LogP contribution in [0.2, 0.25) is 0 Å². The Hall–Kier alpha value is -1.69. The Kier molecular flexibility index (Phi) is 5.09. The molecule has 0 aliphatic heterocycles. The van der Waals surface area contributed by atoms with E-state index >= 15 is 0 Å². The van der Waals surface area contributed by atoms with Gasteiger partial charge in [-0.25, -0.2) is 8.91 Å². The predicted octanol–water partition coefficient (Wildman–Crippen LogP) is 2.49. The minimum absolute atomic E-state index is 0.326. The van der Waals surface area contributed by atoms with Crippen LogP contribution < -0.4 is 5.32 Å². The van der Waals surface area contributed by atoms with E-state index in [0.29, 0.717) is 11.6 Å². The van der Waals surface area contributed by atoms with Crippen LogP contribution in [0.25, 0.3) is 5.65 Å². The van der Waals surface area contributed by atoms with Crippen molar-refractivity contribution in [3.05, 3.63) is 24.1 Å². The van der Waals surface area contributed by atoms with Crippen LogP contribution in [0, 0.1) is 5.82 Å². The van der Waals surface area contributed by atoms with Crippen LogP contribution in [0.5, 0.6) is 0 Å². The summed E-state index contributed by atoms with van der Waals surface area (Å²) in [6.07, 6.45) is 4.46. The molecule has 0 fully saturated rings. The average molecular weight is 266 g/mol. The first kappa shape index (κ1) is 13.7. The van der Waals surface area contributed by atoms with Crippen LogP contribution in [0.1, 0.15) is 26.2 Å². The molecule has 0 amide bonds. The molecule has 0 aliphatic rings. The fourth-order valence-electron chi connectivity index (χ4n) is 1.66. The van der Waals surface area contributed by atoms with Gasteiger partial charge in [-0.1, -0.05) is 13.3 Å². The molecule has 2 aromatic rings. The third-order valence-corrected chi connectivity index (χ3v) is 2.69. The average Bonchev–Trinajstić information content (AvgIpc) is 2.79.